The van der Waals surface area contributed by atoms with Crippen molar-refractivity contribution >= 4 is 12.2 Å². The Labute approximate surface area is 180 Å². The van der Waals surface area contributed by atoms with Crippen molar-refractivity contribution in [3.8, 4) is 28.1 Å². The van der Waals surface area contributed by atoms with Gasteiger partial charge in [-0.3, -0.25) is 0 Å². The molecule has 4 aromatic rings. The van der Waals surface area contributed by atoms with E-state index in [1.807, 2.05) is 60.0 Å². The predicted molar refractivity (Wildman–Crippen MR) is 121 cm³/mol. The fourth-order valence-corrected chi connectivity index (χ4v) is 3.38. The molecule has 0 saturated carbocycles. The van der Waals surface area contributed by atoms with Crippen LogP contribution < -0.4 is 4.74 Å². The first kappa shape index (κ1) is 20.5. The van der Waals surface area contributed by atoms with Crippen LogP contribution in [0.25, 0.3) is 34.5 Å². The smallest absolute Gasteiger partial charge is 0.135 e. The van der Waals surface area contributed by atoms with Crippen LogP contribution in [0.2, 0.25) is 0 Å². The molecule has 156 valence electrons. The third kappa shape index (κ3) is 4.56. The maximum Gasteiger partial charge on any atom is 0.135 e. The van der Waals surface area contributed by atoms with E-state index in [1.165, 1.54) is 12.1 Å². The Morgan fingerprint density at radius 3 is 2.19 bits per heavy atom. The lowest BCUT2D eigenvalue weighted by Crippen LogP contribution is -1.94. The minimum Gasteiger partial charge on any atom is -0.497 e. The van der Waals surface area contributed by atoms with Crippen molar-refractivity contribution in [1.29, 1.82) is 0 Å². The van der Waals surface area contributed by atoms with Crippen LogP contribution in [0, 0.1) is 11.6 Å². The monoisotopic (exact) mass is 416 g/mol. The number of hydrogen-bond acceptors (Lipinski definition) is 2. The van der Waals surface area contributed by atoms with Crippen LogP contribution in [0.5, 0.6) is 5.75 Å². The van der Waals surface area contributed by atoms with Gasteiger partial charge in [0, 0.05) is 24.4 Å². The van der Waals surface area contributed by atoms with E-state index in [9.17, 15) is 8.78 Å². The summed E-state index contributed by atoms with van der Waals surface area (Å²) in [4.78, 5) is 4.54. The highest BCUT2D eigenvalue weighted by atomic mass is 19.1. The summed E-state index contributed by atoms with van der Waals surface area (Å²) in [7, 11) is 1.65. The highest BCUT2D eigenvalue weighted by molar-refractivity contribution is 5.72. The summed E-state index contributed by atoms with van der Waals surface area (Å²) in [5, 5.41) is 0. The van der Waals surface area contributed by atoms with Crippen LogP contribution >= 0.6 is 0 Å². The molecular formula is C26H22F2N2O. The van der Waals surface area contributed by atoms with Gasteiger partial charge in [-0.2, -0.15) is 0 Å². The molecule has 3 nitrogen and oxygen atoms in total. The first-order valence-corrected chi connectivity index (χ1v) is 10.0. The second kappa shape index (κ2) is 8.96. The van der Waals surface area contributed by atoms with Gasteiger partial charge in [-0.05, 0) is 54.0 Å². The van der Waals surface area contributed by atoms with Gasteiger partial charge in [0.05, 0.1) is 12.8 Å². The number of aryl methyl sites for hydroxylation is 1. The fraction of sp³-hybridized carbons (Fsp3) is 0.115. The van der Waals surface area contributed by atoms with Crippen LogP contribution in [0.15, 0.2) is 72.9 Å². The molecule has 0 aliphatic rings. The zero-order valence-corrected chi connectivity index (χ0v) is 17.3. The largest absolute Gasteiger partial charge is 0.497 e. The van der Waals surface area contributed by atoms with Crippen molar-refractivity contribution in [3.63, 3.8) is 0 Å². The number of aromatic nitrogens is 2. The van der Waals surface area contributed by atoms with Crippen molar-refractivity contribution in [3.05, 3.63) is 95.9 Å². The molecule has 0 aliphatic carbocycles. The molecule has 3 aromatic carbocycles. The second-order valence-electron chi connectivity index (χ2n) is 7.08. The Hall–Kier alpha value is -3.73. The predicted octanol–water partition coefficient (Wildman–Crippen LogP) is 6.69. The van der Waals surface area contributed by atoms with Crippen molar-refractivity contribution < 1.29 is 13.5 Å². The molecule has 0 aliphatic heterocycles. The first-order chi connectivity index (χ1) is 15.1. The molecule has 31 heavy (non-hydrogen) atoms. The van der Waals surface area contributed by atoms with Gasteiger partial charge in [0.15, 0.2) is 0 Å². The van der Waals surface area contributed by atoms with E-state index in [2.05, 4.69) is 17.1 Å². The van der Waals surface area contributed by atoms with Crippen molar-refractivity contribution in [2.24, 2.45) is 0 Å². The van der Waals surface area contributed by atoms with Gasteiger partial charge < -0.3 is 9.30 Å². The molecule has 0 N–H and O–H groups in total. The van der Waals surface area contributed by atoms with Crippen LogP contribution in [0.1, 0.15) is 18.3 Å². The molecule has 0 saturated heterocycles. The Kier molecular flexibility index (Phi) is 5.94. The number of imidazole rings is 1. The number of halogens is 2. The molecule has 1 aromatic heterocycles. The number of methoxy groups -OCH3 is 1. The van der Waals surface area contributed by atoms with Crippen LogP contribution in [-0.4, -0.2) is 16.7 Å². The quantitative estimate of drug-likeness (QED) is 0.350. The third-order valence-corrected chi connectivity index (χ3v) is 5.11. The Balaban J connectivity index is 1.55. The number of nitrogens with zero attached hydrogens (tertiary/aromatic N) is 2. The average Bonchev–Trinajstić information content (AvgIpc) is 3.21. The maximum absolute atomic E-state index is 14.1. The fourth-order valence-electron chi connectivity index (χ4n) is 3.38. The average molecular weight is 416 g/mol. The standard InChI is InChI=1S/C26H22F2N2O/c1-3-30-17-25(23-14-11-21(27)16-24(23)28)29-26(30)15-6-18-4-7-19(8-5-18)20-9-12-22(31-2)13-10-20/h4-17H,3H2,1-2H3/b15-6+. The highest BCUT2D eigenvalue weighted by Crippen LogP contribution is 2.25. The minimum atomic E-state index is -0.620. The third-order valence-electron chi connectivity index (χ3n) is 5.11. The Morgan fingerprint density at radius 1 is 0.903 bits per heavy atom. The summed E-state index contributed by atoms with van der Waals surface area (Å²) < 4.78 is 34.5. The van der Waals surface area contributed by atoms with Gasteiger partial charge >= 0.3 is 0 Å². The number of benzene rings is 3. The number of ether oxygens (including phenoxy) is 1. The van der Waals surface area contributed by atoms with E-state index in [0.717, 1.165) is 28.5 Å². The molecule has 1 heterocycles. The summed E-state index contributed by atoms with van der Waals surface area (Å²) in [5.41, 5.74) is 4.02. The molecule has 0 bridgehead atoms. The van der Waals surface area contributed by atoms with Crippen molar-refractivity contribution in [2.45, 2.75) is 13.5 Å². The molecule has 0 amide bonds. The maximum atomic E-state index is 14.1. The SMILES string of the molecule is CCn1cc(-c2ccc(F)cc2F)nc1/C=C/c1ccc(-c2ccc(OC)cc2)cc1. The molecule has 0 unspecified atom stereocenters. The normalized spacial score (nSPS) is 11.2. The minimum absolute atomic E-state index is 0.284. The van der Waals surface area contributed by atoms with Gasteiger partial charge in [0.1, 0.15) is 23.2 Å². The summed E-state index contributed by atoms with van der Waals surface area (Å²) in [6.45, 7) is 2.68. The van der Waals surface area contributed by atoms with Crippen molar-refractivity contribution in [1.82, 2.24) is 9.55 Å². The zero-order valence-electron chi connectivity index (χ0n) is 17.3. The summed E-state index contributed by atoms with van der Waals surface area (Å²) in [6, 6.07) is 19.7. The molecular weight excluding hydrogens is 394 g/mol. The lowest BCUT2D eigenvalue weighted by Gasteiger charge is -2.04. The van der Waals surface area contributed by atoms with Gasteiger partial charge in [-0.15, -0.1) is 0 Å². The van der Waals surface area contributed by atoms with E-state index in [4.69, 9.17) is 4.74 Å². The van der Waals surface area contributed by atoms with E-state index in [-0.39, 0.29) is 5.56 Å². The first-order valence-electron chi connectivity index (χ1n) is 10.0. The van der Waals surface area contributed by atoms with Crippen LogP contribution in [0.4, 0.5) is 8.78 Å². The topological polar surface area (TPSA) is 27.1 Å². The Bertz CT molecular complexity index is 1210. The van der Waals surface area contributed by atoms with Crippen LogP contribution in [-0.2, 0) is 6.54 Å². The molecule has 4 rings (SSSR count). The van der Waals surface area contributed by atoms with Gasteiger partial charge in [-0.1, -0.05) is 42.5 Å². The summed E-state index contributed by atoms with van der Waals surface area (Å²) in [6.07, 6.45) is 5.65. The summed E-state index contributed by atoms with van der Waals surface area (Å²) >= 11 is 0. The van der Waals surface area contributed by atoms with Gasteiger partial charge in [0.25, 0.3) is 0 Å². The molecule has 0 radical (unpaired) electrons. The summed E-state index contributed by atoms with van der Waals surface area (Å²) in [5.74, 6) is 0.315. The van der Waals surface area contributed by atoms with E-state index >= 15 is 0 Å². The van der Waals surface area contributed by atoms with Crippen molar-refractivity contribution in [2.75, 3.05) is 7.11 Å². The lowest BCUT2D eigenvalue weighted by molar-refractivity contribution is 0.415. The highest BCUT2D eigenvalue weighted by Gasteiger charge is 2.12. The number of hydrogen-bond donors (Lipinski definition) is 0. The Morgan fingerprint density at radius 2 is 1.58 bits per heavy atom. The van der Waals surface area contributed by atoms with E-state index in [1.54, 1.807) is 13.3 Å². The molecule has 0 spiro atoms. The lowest BCUT2D eigenvalue weighted by atomic mass is 10.0. The van der Waals surface area contributed by atoms with Gasteiger partial charge in [0.2, 0.25) is 0 Å². The zero-order chi connectivity index (χ0) is 21.8. The van der Waals surface area contributed by atoms with Crippen LogP contribution in [0.3, 0.4) is 0 Å². The van der Waals surface area contributed by atoms with E-state index < -0.39 is 11.6 Å². The molecule has 0 fully saturated rings. The second-order valence-corrected chi connectivity index (χ2v) is 7.08. The van der Waals surface area contributed by atoms with E-state index in [0.29, 0.717) is 18.1 Å². The van der Waals surface area contributed by atoms with Gasteiger partial charge in [-0.25, -0.2) is 13.8 Å². The number of rotatable bonds is 6. The molecule has 5 heteroatoms. The molecule has 0 atom stereocenters.